The van der Waals surface area contributed by atoms with E-state index >= 15 is 0 Å². The monoisotopic (exact) mass is 198 g/mol. The molecule has 0 aromatic carbocycles. The molecule has 2 fully saturated rings. The predicted molar refractivity (Wildman–Crippen MR) is 57.4 cm³/mol. The fraction of sp³-hybridized carbons (Fsp3) is 1.00. The zero-order valence-electron chi connectivity index (χ0n) is 8.99. The molecular formula is C11H22N2O. The van der Waals surface area contributed by atoms with E-state index in [1.165, 1.54) is 45.4 Å². The van der Waals surface area contributed by atoms with Crippen LogP contribution in [-0.2, 0) is 0 Å². The molecule has 2 aliphatic rings. The molecule has 0 amide bonds. The second-order valence-corrected chi connectivity index (χ2v) is 4.65. The third-order valence-corrected chi connectivity index (χ3v) is 3.41. The highest BCUT2D eigenvalue weighted by Crippen LogP contribution is 2.11. The van der Waals surface area contributed by atoms with E-state index in [1.54, 1.807) is 0 Å². The van der Waals surface area contributed by atoms with Crippen LogP contribution in [0.15, 0.2) is 0 Å². The predicted octanol–water partition coefficient (Wildman–Crippen LogP) is 0.539. The fourth-order valence-electron chi connectivity index (χ4n) is 2.52. The lowest BCUT2D eigenvalue weighted by molar-refractivity contribution is 0.0660. The van der Waals surface area contributed by atoms with E-state index in [2.05, 4.69) is 9.80 Å². The fourth-order valence-corrected chi connectivity index (χ4v) is 2.52. The third-order valence-electron chi connectivity index (χ3n) is 3.41. The maximum atomic E-state index is 9.52. The Labute approximate surface area is 86.7 Å². The van der Waals surface area contributed by atoms with Gasteiger partial charge in [0, 0.05) is 19.6 Å². The summed E-state index contributed by atoms with van der Waals surface area (Å²) in [5.41, 5.74) is 0. The van der Waals surface area contributed by atoms with Crippen LogP contribution >= 0.6 is 0 Å². The van der Waals surface area contributed by atoms with Crippen molar-refractivity contribution >= 4 is 0 Å². The Kier molecular flexibility index (Phi) is 3.79. The molecule has 0 aromatic heterocycles. The van der Waals surface area contributed by atoms with Crippen molar-refractivity contribution in [3.05, 3.63) is 0 Å². The number of hydrogen-bond acceptors (Lipinski definition) is 3. The second kappa shape index (κ2) is 5.10. The molecule has 1 unspecified atom stereocenters. The number of hydrogen-bond donors (Lipinski definition) is 1. The van der Waals surface area contributed by atoms with E-state index in [1.807, 2.05) is 0 Å². The molecule has 82 valence electrons. The summed E-state index contributed by atoms with van der Waals surface area (Å²) in [4.78, 5) is 4.95. The Morgan fingerprint density at radius 1 is 0.929 bits per heavy atom. The van der Waals surface area contributed by atoms with Crippen molar-refractivity contribution in [2.75, 3.05) is 39.3 Å². The van der Waals surface area contributed by atoms with Gasteiger partial charge in [-0.25, -0.2) is 0 Å². The van der Waals surface area contributed by atoms with E-state index in [-0.39, 0.29) is 6.10 Å². The number of nitrogens with zero attached hydrogens (tertiary/aromatic N) is 2. The van der Waals surface area contributed by atoms with Gasteiger partial charge in [0.05, 0.1) is 6.10 Å². The van der Waals surface area contributed by atoms with Gasteiger partial charge in [-0.15, -0.1) is 0 Å². The number of likely N-dealkylation sites (tertiary alicyclic amines) is 2. The van der Waals surface area contributed by atoms with E-state index < -0.39 is 0 Å². The van der Waals surface area contributed by atoms with Gasteiger partial charge in [0.25, 0.3) is 0 Å². The summed E-state index contributed by atoms with van der Waals surface area (Å²) in [6, 6.07) is 0. The summed E-state index contributed by atoms with van der Waals surface area (Å²) in [6.45, 7) is 7.01. The van der Waals surface area contributed by atoms with Crippen molar-refractivity contribution in [2.24, 2.45) is 0 Å². The smallest absolute Gasteiger partial charge is 0.0667 e. The van der Waals surface area contributed by atoms with Crippen molar-refractivity contribution in [1.82, 2.24) is 9.80 Å². The lowest BCUT2D eigenvalue weighted by Gasteiger charge is -2.31. The summed E-state index contributed by atoms with van der Waals surface area (Å²) in [5, 5.41) is 9.52. The minimum Gasteiger partial charge on any atom is -0.392 e. The molecule has 0 aliphatic carbocycles. The number of piperidine rings is 1. The van der Waals surface area contributed by atoms with Crippen LogP contribution in [0.25, 0.3) is 0 Å². The summed E-state index contributed by atoms with van der Waals surface area (Å²) >= 11 is 0. The number of rotatable bonds is 3. The Morgan fingerprint density at radius 2 is 1.57 bits per heavy atom. The Bertz CT molecular complexity index is 169. The molecule has 3 heteroatoms. The van der Waals surface area contributed by atoms with Gasteiger partial charge < -0.3 is 10.0 Å². The number of aliphatic hydroxyl groups excluding tert-OH is 1. The molecule has 2 rings (SSSR count). The highest BCUT2D eigenvalue weighted by atomic mass is 16.3. The standard InChI is InChI=1S/C11H22N2O/c14-11-4-3-7-13(10-11)9-8-12-5-1-2-6-12/h11,14H,1-10H2. The average molecular weight is 198 g/mol. The molecule has 0 aromatic rings. The van der Waals surface area contributed by atoms with Crippen LogP contribution < -0.4 is 0 Å². The molecule has 14 heavy (non-hydrogen) atoms. The minimum atomic E-state index is -0.0673. The van der Waals surface area contributed by atoms with Gasteiger partial charge in [-0.3, -0.25) is 4.90 Å². The molecular weight excluding hydrogens is 176 g/mol. The largest absolute Gasteiger partial charge is 0.392 e. The van der Waals surface area contributed by atoms with E-state index in [9.17, 15) is 5.11 Å². The lowest BCUT2D eigenvalue weighted by Crippen LogP contribution is -2.42. The molecule has 2 aliphatic heterocycles. The van der Waals surface area contributed by atoms with Gasteiger partial charge in [0.15, 0.2) is 0 Å². The first-order valence-electron chi connectivity index (χ1n) is 5.97. The average Bonchev–Trinajstić information content (AvgIpc) is 2.67. The Hall–Kier alpha value is -0.120. The topological polar surface area (TPSA) is 26.7 Å². The van der Waals surface area contributed by atoms with Crippen LogP contribution in [0.3, 0.4) is 0 Å². The first-order chi connectivity index (χ1) is 6.84. The van der Waals surface area contributed by atoms with Gasteiger partial charge in [-0.2, -0.15) is 0 Å². The molecule has 2 saturated heterocycles. The molecule has 1 N–H and O–H groups in total. The van der Waals surface area contributed by atoms with Gasteiger partial charge in [0.1, 0.15) is 0 Å². The molecule has 2 heterocycles. The van der Waals surface area contributed by atoms with Crippen LogP contribution in [0.1, 0.15) is 25.7 Å². The first kappa shape index (κ1) is 10.4. The van der Waals surface area contributed by atoms with Crippen molar-refractivity contribution in [3.63, 3.8) is 0 Å². The third kappa shape index (κ3) is 2.94. The Balaban J connectivity index is 1.64. The summed E-state index contributed by atoms with van der Waals surface area (Å²) in [5.74, 6) is 0. The zero-order chi connectivity index (χ0) is 9.80. The molecule has 0 radical (unpaired) electrons. The molecule has 0 bridgehead atoms. The van der Waals surface area contributed by atoms with Crippen molar-refractivity contribution in [2.45, 2.75) is 31.8 Å². The number of aliphatic hydroxyl groups is 1. The van der Waals surface area contributed by atoms with Crippen molar-refractivity contribution in [3.8, 4) is 0 Å². The SMILES string of the molecule is OC1CCCN(CCN2CCCC2)C1. The Morgan fingerprint density at radius 3 is 2.29 bits per heavy atom. The van der Waals surface area contributed by atoms with Crippen LogP contribution in [0.4, 0.5) is 0 Å². The maximum absolute atomic E-state index is 9.52. The first-order valence-corrected chi connectivity index (χ1v) is 5.97. The highest BCUT2D eigenvalue weighted by molar-refractivity contribution is 4.74. The summed E-state index contributed by atoms with van der Waals surface area (Å²) in [6.07, 6.45) is 4.86. The van der Waals surface area contributed by atoms with Gasteiger partial charge >= 0.3 is 0 Å². The van der Waals surface area contributed by atoms with Gasteiger partial charge in [-0.05, 0) is 45.3 Å². The van der Waals surface area contributed by atoms with Gasteiger partial charge in [0.2, 0.25) is 0 Å². The molecule has 0 spiro atoms. The molecule has 0 saturated carbocycles. The van der Waals surface area contributed by atoms with Crippen molar-refractivity contribution < 1.29 is 5.11 Å². The minimum absolute atomic E-state index is 0.0673. The van der Waals surface area contributed by atoms with E-state index in [4.69, 9.17) is 0 Å². The van der Waals surface area contributed by atoms with E-state index in [0.29, 0.717) is 0 Å². The van der Waals surface area contributed by atoms with E-state index in [0.717, 1.165) is 19.5 Å². The van der Waals surface area contributed by atoms with Crippen LogP contribution in [0.5, 0.6) is 0 Å². The van der Waals surface area contributed by atoms with Crippen LogP contribution in [0.2, 0.25) is 0 Å². The summed E-state index contributed by atoms with van der Waals surface area (Å²) in [7, 11) is 0. The van der Waals surface area contributed by atoms with Crippen molar-refractivity contribution in [1.29, 1.82) is 0 Å². The lowest BCUT2D eigenvalue weighted by atomic mass is 10.1. The normalized spacial score (nSPS) is 31.1. The zero-order valence-corrected chi connectivity index (χ0v) is 8.99. The van der Waals surface area contributed by atoms with Crippen LogP contribution in [-0.4, -0.2) is 60.3 Å². The molecule has 1 atom stereocenters. The summed E-state index contributed by atoms with van der Waals surface area (Å²) < 4.78 is 0. The molecule has 3 nitrogen and oxygen atoms in total. The highest BCUT2D eigenvalue weighted by Gasteiger charge is 2.18. The number of β-amino-alcohol motifs (C(OH)–C–C–N with tert-alkyl or cyclic N) is 1. The quantitative estimate of drug-likeness (QED) is 0.717. The van der Waals surface area contributed by atoms with Crippen LogP contribution in [0, 0.1) is 0 Å². The maximum Gasteiger partial charge on any atom is 0.0667 e. The second-order valence-electron chi connectivity index (χ2n) is 4.65. The van der Waals surface area contributed by atoms with Gasteiger partial charge in [-0.1, -0.05) is 0 Å².